The molecular formula is C17H16BrF2N3O3. The van der Waals surface area contributed by atoms with Crippen molar-refractivity contribution in [1.82, 2.24) is 14.9 Å². The van der Waals surface area contributed by atoms with Gasteiger partial charge in [-0.1, -0.05) is 6.08 Å². The molecule has 0 radical (unpaired) electrons. The highest BCUT2D eigenvalue weighted by Gasteiger charge is 2.14. The van der Waals surface area contributed by atoms with Crippen molar-refractivity contribution in [3.63, 3.8) is 0 Å². The van der Waals surface area contributed by atoms with Crippen LogP contribution in [-0.2, 0) is 17.9 Å². The molecule has 9 heteroatoms. The number of nitrogens with zero attached hydrogens (tertiary/aromatic N) is 2. The van der Waals surface area contributed by atoms with E-state index in [1.165, 1.54) is 29.8 Å². The van der Waals surface area contributed by atoms with Crippen molar-refractivity contribution < 1.29 is 18.3 Å². The minimum absolute atomic E-state index is 0.00255. The minimum Gasteiger partial charge on any atom is -0.472 e. The maximum Gasteiger partial charge on any atom is 0.272 e. The molecule has 138 valence electrons. The molecule has 1 heterocycles. The van der Waals surface area contributed by atoms with Crippen LogP contribution in [0.3, 0.4) is 0 Å². The lowest BCUT2D eigenvalue weighted by atomic mass is 10.2. The number of carbonyl (C=O) groups is 1. The Hall–Kier alpha value is -2.55. The van der Waals surface area contributed by atoms with E-state index in [1.54, 1.807) is 6.92 Å². The molecular weight excluding hydrogens is 412 g/mol. The van der Waals surface area contributed by atoms with Gasteiger partial charge in [-0.15, -0.1) is 0 Å². The van der Waals surface area contributed by atoms with Gasteiger partial charge in [-0.25, -0.2) is 8.78 Å². The van der Waals surface area contributed by atoms with Crippen LogP contribution in [0.25, 0.3) is 0 Å². The summed E-state index contributed by atoms with van der Waals surface area (Å²) in [7, 11) is 1.50. The van der Waals surface area contributed by atoms with Crippen LogP contribution in [0.4, 0.5) is 8.78 Å². The van der Waals surface area contributed by atoms with Gasteiger partial charge < -0.3 is 10.1 Å². The van der Waals surface area contributed by atoms with Gasteiger partial charge in [0, 0.05) is 31.3 Å². The Morgan fingerprint density at radius 1 is 1.42 bits per heavy atom. The fourth-order valence-corrected chi connectivity index (χ4v) is 2.47. The van der Waals surface area contributed by atoms with Crippen molar-refractivity contribution in [3.05, 3.63) is 68.2 Å². The van der Waals surface area contributed by atoms with E-state index in [2.05, 4.69) is 26.2 Å². The molecule has 0 saturated carbocycles. The molecule has 0 spiro atoms. The zero-order chi connectivity index (χ0) is 19.3. The first-order valence-electron chi connectivity index (χ1n) is 7.55. The second-order valence-corrected chi connectivity index (χ2v) is 6.03. The summed E-state index contributed by atoms with van der Waals surface area (Å²) >= 11 is 3.13. The maximum absolute atomic E-state index is 13.7. The standard InChI is InChI=1S/C17H16BrF2N3O3/c1-10-22-16(26-9-11-5-6-12(19)8-13(11)20)15(18)17(25)23(10)7-3-4-14(24)21-2/h3-6,8H,7,9H2,1-2H3,(H,21,24). The summed E-state index contributed by atoms with van der Waals surface area (Å²) in [6.07, 6.45) is 2.83. The Kier molecular flexibility index (Phi) is 6.62. The lowest BCUT2D eigenvalue weighted by Crippen LogP contribution is -2.25. The maximum atomic E-state index is 13.7. The van der Waals surface area contributed by atoms with Crippen LogP contribution in [0, 0.1) is 18.6 Å². The van der Waals surface area contributed by atoms with Crippen LogP contribution in [0.5, 0.6) is 5.88 Å². The van der Waals surface area contributed by atoms with E-state index in [4.69, 9.17) is 4.74 Å². The van der Waals surface area contributed by atoms with Crippen LogP contribution in [0.1, 0.15) is 11.4 Å². The summed E-state index contributed by atoms with van der Waals surface area (Å²) in [5.41, 5.74) is -0.274. The molecule has 0 bridgehead atoms. The molecule has 0 atom stereocenters. The Labute approximate surface area is 156 Å². The number of hydrogen-bond acceptors (Lipinski definition) is 4. The molecule has 1 amide bonds. The van der Waals surface area contributed by atoms with E-state index in [0.717, 1.165) is 12.1 Å². The smallest absolute Gasteiger partial charge is 0.272 e. The molecule has 0 fully saturated rings. The first kappa shape index (κ1) is 19.8. The summed E-state index contributed by atoms with van der Waals surface area (Å²) < 4.78 is 33.4. The van der Waals surface area contributed by atoms with Gasteiger partial charge in [-0.3, -0.25) is 14.2 Å². The van der Waals surface area contributed by atoms with Crippen LogP contribution < -0.4 is 15.6 Å². The van der Waals surface area contributed by atoms with Crippen molar-refractivity contribution in [2.75, 3.05) is 7.05 Å². The number of allylic oxidation sites excluding steroid dienone is 1. The molecule has 1 aromatic carbocycles. The number of rotatable bonds is 6. The van der Waals surface area contributed by atoms with Crippen molar-refractivity contribution in [3.8, 4) is 5.88 Å². The van der Waals surface area contributed by atoms with Gasteiger partial charge in [0.05, 0.1) is 0 Å². The van der Waals surface area contributed by atoms with Gasteiger partial charge in [-0.05, 0) is 35.0 Å². The largest absolute Gasteiger partial charge is 0.472 e. The molecule has 1 N–H and O–H groups in total. The number of nitrogens with one attached hydrogen (secondary N) is 1. The quantitative estimate of drug-likeness (QED) is 0.718. The molecule has 0 unspecified atom stereocenters. The zero-order valence-electron chi connectivity index (χ0n) is 14.1. The zero-order valence-corrected chi connectivity index (χ0v) is 15.6. The van der Waals surface area contributed by atoms with E-state index in [0.29, 0.717) is 5.82 Å². The van der Waals surface area contributed by atoms with Crippen LogP contribution in [0.15, 0.2) is 39.6 Å². The molecule has 2 aromatic rings. The number of hydrogen-bond donors (Lipinski definition) is 1. The topological polar surface area (TPSA) is 73.2 Å². The third-order valence-corrected chi connectivity index (χ3v) is 4.14. The number of halogens is 3. The van der Waals surface area contributed by atoms with E-state index >= 15 is 0 Å². The van der Waals surface area contributed by atoms with Gasteiger partial charge in [0.2, 0.25) is 11.8 Å². The van der Waals surface area contributed by atoms with E-state index < -0.39 is 17.2 Å². The molecule has 0 aliphatic rings. The lowest BCUT2D eigenvalue weighted by molar-refractivity contribution is -0.116. The second kappa shape index (κ2) is 8.70. The van der Waals surface area contributed by atoms with Crippen molar-refractivity contribution in [2.24, 2.45) is 0 Å². The van der Waals surface area contributed by atoms with E-state index in [-0.39, 0.29) is 35.0 Å². The third kappa shape index (κ3) is 4.75. The van der Waals surface area contributed by atoms with Crippen molar-refractivity contribution in [2.45, 2.75) is 20.1 Å². The normalized spacial score (nSPS) is 11.0. The predicted molar refractivity (Wildman–Crippen MR) is 94.8 cm³/mol. The molecule has 0 aliphatic carbocycles. The fourth-order valence-electron chi connectivity index (χ4n) is 2.06. The average molecular weight is 428 g/mol. The van der Waals surface area contributed by atoms with Crippen LogP contribution in [-0.4, -0.2) is 22.5 Å². The van der Waals surface area contributed by atoms with E-state index in [9.17, 15) is 18.4 Å². The number of ether oxygens (including phenoxy) is 1. The van der Waals surface area contributed by atoms with Crippen LogP contribution >= 0.6 is 15.9 Å². The molecule has 1 aromatic heterocycles. The summed E-state index contributed by atoms with van der Waals surface area (Å²) in [4.78, 5) is 27.8. The summed E-state index contributed by atoms with van der Waals surface area (Å²) in [5, 5.41) is 2.43. The van der Waals surface area contributed by atoms with Gasteiger partial charge >= 0.3 is 0 Å². The molecule has 6 nitrogen and oxygen atoms in total. The monoisotopic (exact) mass is 427 g/mol. The summed E-state index contributed by atoms with van der Waals surface area (Å²) in [5.74, 6) is -1.36. The Bertz CT molecular complexity index is 913. The molecule has 0 saturated heterocycles. The Morgan fingerprint density at radius 3 is 2.81 bits per heavy atom. The van der Waals surface area contributed by atoms with Crippen molar-refractivity contribution >= 4 is 21.8 Å². The minimum atomic E-state index is -0.745. The molecule has 2 rings (SSSR count). The number of likely N-dealkylation sites (N-methyl/N-ethyl adjacent to an activating group) is 1. The van der Waals surface area contributed by atoms with Crippen LogP contribution in [0.2, 0.25) is 0 Å². The highest BCUT2D eigenvalue weighted by molar-refractivity contribution is 9.10. The Morgan fingerprint density at radius 2 is 2.15 bits per heavy atom. The second-order valence-electron chi connectivity index (χ2n) is 5.23. The number of carbonyl (C=O) groups excluding carboxylic acids is 1. The fraction of sp³-hybridized carbons (Fsp3) is 0.235. The lowest BCUT2D eigenvalue weighted by Gasteiger charge is -2.12. The van der Waals surface area contributed by atoms with Gasteiger partial charge in [0.1, 0.15) is 28.5 Å². The van der Waals surface area contributed by atoms with E-state index in [1.807, 2.05) is 0 Å². The first-order valence-corrected chi connectivity index (χ1v) is 8.34. The highest BCUT2D eigenvalue weighted by atomic mass is 79.9. The average Bonchev–Trinajstić information content (AvgIpc) is 2.60. The van der Waals surface area contributed by atoms with Gasteiger partial charge in [0.15, 0.2) is 0 Å². The van der Waals surface area contributed by atoms with Gasteiger partial charge in [-0.2, -0.15) is 4.98 Å². The molecule has 0 aliphatic heterocycles. The number of benzene rings is 1. The summed E-state index contributed by atoms with van der Waals surface area (Å²) in [6.45, 7) is 1.54. The molecule has 26 heavy (non-hydrogen) atoms. The van der Waals surface area contributed by atoms with Crippen molar-refractivity contribution in [1.29, 1.82) is 0 Å². The number of amides is 1. The number of aryl methyl sites for hydroxylation is 1. The number of aromatic nitrogens is 2. The first-order chi connectivity index (χ1) is 12.3. The SMILES string of the molecule is CNC(=O)C=CCn1c(C)nc(OCc2ccc(F)cc2F)c(Br)c1=O. The highest BCUT2D eigenvalue weighted by Crippen LogP contribution is 2.20. The van der Waals surface area contributed by atoms with Gasteiger partial charge in [0.25, 0.3) is 5.56 Å². The Balaban J connectivity index is 2.19. The third-order valence-electron chi connectivity index (χ3n) is 3.46. The predicted octanol–water partition coefficient (Wildman–Crippen LogP) is 2.47. The summed E-state index contributed by atoms with van der Waals surface area (Å²) in [6, 6.07) is 3.13.